The van der Waals surface area contributed by atoms with Gasteiger partial charge in [0.15, 0.2) is 6.29 Å². The number of rotatable bonds is 7. The van der Waals surface area contributed by atoms with Crippen LogP contribution in [-0.4, -0.2) is 17.5 Å². The van der Waals surface area contributed by atoms with Gasteiger partial charge in [-0.15, -0.1) is 0 Å². The average Bonchev–Trinajstić information content (AvgIpc) is 3.05. The Morgan fingerprint density at radius 2 is 1.77 bits per heavy atom. The molecule has 2 heteroatoms. The van der Waals surface area contributed by atoms with Gasteiger partial charge in [-0.1, -0.05) is 65.5 Å². The number of hydrogen-bond acceptors (Lipinski definition) is 2. The number of aliphatic hydroxyl groups excluding tert-OH is 1. The molecule has 0 heterocycles. The van der Waals surface area contributed by atoms with Crippen LogP contribution in [0.3, 0.4) is 0 Å². The van der Waals surface area contributed by atoms with Crippen molar-refractivity contribution in [1.29, 1.82) is 0 Å². The molecule has 0 aromatic rings. The van der Waals surface area contributed by atoms with E-state index in [1.807, 2.05) is 0 Å². The van der Waals surface area contributed by atoms with Gasteiger partial charge in [-0.3, -0.25) is 0 Å². The lowest BCUT2D eigenvalue weighted by Crippen LogP contribution is -2.51. The monoisotopic (exact) mass is 430 g/mol. The standard InChI is InChI=1S/C29H50O2/c1-19(2)8-7-9-20(3)25-12-13-26-24-11-10-22-18-23(31-21(4)30)14-16-28(22,5)27(24)15-17-29(25,26)6/h10,19-21,23-27,30H,7-9,11-18H2,1-6H3/t20-,21?,23+,24+,25-,26+,27+,28+,29-/m1/s1. The van der Waals surface area contributed by atoms with Gasteiger partial charge in [0.05, 0.1) is 6.10 Å². The first-order valence-corrected chi connectivity index (χ1v) is 13.7. The van der Waals surface area contributed by atoms with Gasteiger partial charge in [0, 0.05) is 0 Å². The van der Waals surface area contributed by atoms with Crippen molar-refractivity contribution in [3.63, 3.8) is 0 Å². The molecule has 0 bridgehead atoms. The van der Waals surface area contributed by atoms with Crippen LogP contribution in [0.2, 0.25) is 0 Å². The second-order valence-corrected chi connectivity index (χ2v) is 12.9. The molecule has 0 aromatic heterocycles. The summed E-state index contributed by atoms with van der Waals surface area (Å²) in [6.45, 7) is 14.3. The van der Waals surface area contributed by atoms with Crippen LogP contribution in [0.25, 0.3) is 0 Å². The van der Waals surface area contributed by atoms with Gasteiger partial charge in [-0.2, -0.15) is 0 Å². The molecule has 1 N–H and O–H groups in total. The molecule has 0 aromatic carbocycles. The van der Waals surface area contributed by atoms with E-state index in [2.05, 4.69) is 40.7 Å². The van der Waals surface area contributed by atoms with Gasteiger partial charge in [0.25, 0.3) is 0 Å². The minimum absolute atomic E-state index is 0.215. The highest BCUT2D eigenvalue weighted by molar-refractivity contribution is 5.25. The first-order valence-electron chi connectivity index (χ1n) is 13.7. The highest BCUT2D eigenvalue weighted by Crippen LogP contribution is 2.67. The van der Waals surface area contributed by atoms with Crippen LogP contribution in [0.5, 0.6) is 0 Å². The van der Waals surface area contributed by atoms with Crippen LogP contribution < -0.4 is 0 Å². The summed E-state index contributed by atoms with van der Waals surface area (Å²) >= 11 is 0. The third-order valence-electron chi connectivity index (χ3n) is 10.6. The lowest BCUT2D eigenvalue weighted by molar-refractivity contribution is -0.139. The Morgan fingerprint density at radius 3 is 2.48 bits per heavy atom. The van der Waals surface area contributed by atoms with E-state index in [9.17, 15) is 5.11 Å². The predicted molar refractivity (Wildman–Crippen MR) is 130 cm³/mol. The predicted octanol–water partition coefficient (Wildman–Crippen LogP) is 7.75. The van der Waals surface area contributed by atoms with E-state index in [0.29, 0.717) is 10.8 Å². The average molecular weight is 431 g/mol. The zero-order valence-corrected chi connectivity index (χ0v) is 21.3. The molecule has 3 fully saturated rings. The van der Waals surface area contributed by atoms with Gasteiger partial charge < -0.3 is 9.84 Å². The van der Waals surface area contributed by atoms with Crippen molar-refractivity contribution >= 4 is 0 Å². The molecular formula is C29H50O2. The van der Waals surface area contributed by atoms with Crippen molar-refractivity contribution in [2.45, 2.75) is 125 Å². The Balaban J connectivity index is 1.46. The first-order chi connectivity index (χ1) is 14.6. The van der Waals surface area contributed by atoms with E-state index in [-0.39, 0.29) is 6.10 Å². The lowest BCUT2D eigenvalue weighted by atomic mass is 9.47. The summed E-state index contributed by atoms with van der Waals surface area (Å²) < 4.78 is 5.81. The molecule has 0 saturated heterocycles. The van der Waals surface area contributed by atoms with Crippen LogP contribution in [0.1, 0.15) is 112 Å². The number of ether oxygens (including phenoxy) is 1. The van der Waals surface area contributed by atoms with E-state index in [1.165, 1.54) is 57.8 Å². The summed E-state index contributed by atoms with van der Waals surface area (Å²) in [6.07, 6.45) is 17.0. The van der Waals surface area contributed by atoms with Crippen molar-refractivity contribution in [2.24, 2.45) is 46.3 Å². The third-order valence-corrected chi connectivity index (χ3v) is 10.6. The Bertz CT molecular complexity index is 651. The molecule has 31 heavy (non-hydrogen) atoms. The van der Waals surface area contributed by atoms with E-state index in [1.54, 1.807) is 12.5 Å². The fourth-order valence-corrected chi connectivity index (χ4v) is 9.05. The fraction of sp³-hybridized carbons (Fsp3) is 0.931. The number of hydrogen-bond donors (Lipinski definition) is 1. The molecule has 1 unspecified atom stereocenters. The molecular weight excluding hydrogens is 380 g/mol. The van der Waals surface area contributed by atoms with Crippen molar-refractivity contribution in [1.82, 2.24) is 0 Å². The molecule has 2 nitrogen and oxygen atoms in total. The zero-order valence-electron chi connectivity index (χ0n) is 21.3. The Hall–Kier alpha value is -0.340. The summed E-state index contributed by atoms with van der Waals surface area (Å²) in [5.41, 5.74) is 2.61. The van der Waals surface area contributed by atoms with Crippen LogP contribution in [-0.2, 0) is 4.74 Å². The van der Waals surface area contributed by atoms with Gasteiger partial charge >= 0.3 is 0 Å². The minimum atomic E-state index is -0.639. The smallest absolute Gasteiger partial charge is 0.152 e. The Kier molecular flexibility index (Phi) is 7.01. The van der Waals surface area contributed by atoms with Gasteiger partial charge in [-0.25, -0.2) is 0 Å². The topological polar surface area (TPSA) is 29.5 Å². The SMILES string of the molecule is CC(C)CCC[C@@H](C)[C@H]1CC[C@H]2[C@@H]3CC=C4C[C@@H](OC(C)O)CC[C@]4(C)[C@H]3CC[C@]12C. The molecule has 0 amide bonds. The molecule has 9 atom stereocenters. The van der Waals surface area contributed by atoms with Crippen LogP contribution in [0.4, 0.5) is 0 Å². The summed E-state index contributed by atoms with van der Waals surface area (Å²) in [5.74, 6) is 5.38. The third kappa shape index (κ3) is 4.42. The summed E-state index contributed by atoms with van der Waals surface area (Å²) in [6, 6.07) is 0. The summed E-state index contributed by atoms with van der Waals surface area (Å²) in [4.78, 5) is 0. The normalized spacial score (nSPS) is 44.3. The molecule has 178 valence electrons. The summed E-state index contributed by atoms with van der Waals surface area (Å²) in [7, 11) is 0. The number of allylic oxidation sites excluding steroid dienone is 1. The maximum absolute atomic E-state index is 9.69. The van der Waals surface area contributed by atoms with Crippen molar-refractivity contribution in [2.75, 3.05) is 0 Å². The molecule has 4 rings (SSSR count). The van der Waals surface area contributed by atoms with Crippen molar-refractivity contribution in [3.05, 3.63) is 11.6 Å². The van der Waals surface area contributed by atoms with Crippen LogP contribution >= 0.6 is 0 Å². The second-order valence-electron chi connectivity index (χ2n) is 12.9. The van der Waals surface area contributed by atoms with Crippen molar-refractivity contribution < 1.29 is 9.84 Å². The zero-order chi connectivity index (χ0) is 22.4. The molecule has 3 saturated carbocycles. The van der Waals surface area contributed by atoms with Crippen LogP contribution in [0, 0.1) is 46.3 Å². The Morgan fingerprint density at radius 1 is 1.00 bits per heavy atom. The maximum Gasteiger partial charge on any atom is 0.152 e. The fourth-order valence-electron chi connectivity index (χ4n) is 9.05. The largest absolute Gasteiger partial charge is 0.368 e. The molecule has 4 aliphatic carbocycles. The first kappa shape index (κ1) is 23.8. The van der Waals surface area contributed by atoms with Crippen LogP contribution in [0.15, 0.2) is 11.6 Å². The van der Waals surface area contributed by atoms with Gasteiger partial charge in [-0.05, 0) is 105 Å². The highest BCUT2D eigenvalue weighted by Gasteiger charge is 2.59. The van der Waals surface area contributed by atoms with Gasteiger partial charge in [0.2, 0.25) is 0 Å². The second kappa shape index (κ2) is 9.13. The van der Waals surface area contributed by atoms with Gasteiger partial charge in [0.1, 0.15) is 0 Å². The van der Waals surface area contributed by atoms with E-state index >= 15 is 0 Å². The quantitative estimate of drug-likeness (QED) is 0.330. The molecule has 0 spiro atoms. The molecule has 0 aliphatic heterocycles. The number of fused-ring (bicyclic) bond motifs is 5. The Labute approximate surface area is 192 Å². The maximum atomic E-state index is 9.69. The lowest BCUT2D eigenvalue weighted by Gasteiger charge is -2.58. The minimum Gasteiger partial charge on any atom is -0.368 e. The molecule has 4 aliphatic rings. The van der Waals surface area contributed by atoms with E-state index < -0.39 is 6.29 Å². The highest BCUT2D eigenvalue weighted by atomic mass is 16.6. The van der Waals surface area contributed by atoms with E-state index in [0.717, 1.165) is 48.3 Å². The number of aliphatic hydroxyl groups is 1. The molecule has 0 radical (unpaired) electrons. The summed E-state index contributed by atoms with van der Waals surface area (Å²) in [5, 5.41) is 9.69. The van der Waals surface area contributed by atoms with Crippen molar-refractivity contribution in [3.8, 4) is 0 Å². The van der Waals surface area contributed by atoms with E-state index in [4.69, 9.17) is 4.74 Å².